The first-order chi connectivity index (χ1) is 33.8. The van der Waals surface area contributed by atoms with Crippen molar-refractivity contribution < 1.29 is 29.4 Å². The highest BCUT2D eigenvalue weighted by Crippen LogP contribution is 2.37. The molecule has 5 heteroatoms. The minimum absolute atomic E-state index is 0.158. The molecule has 0 aliphatic heterocycles. The topological polar surface area (TPSA) is 51.8 Å². The Kier molecular flexibility index (Phi) is 6.45. The lowest BCUT2D eigenvalue weighted by molar-refractivity contribution is 0.578. The average molecular weight is 759 g/mol. The van der Waals surface area contributed by atoms with E-state index in [4.69, 9.17) is 8.53 Å². The molecule has 4 aromatic heterocycles. The minimum atomic E-state index is -3.18. The molecule has 0 aliphatic carbocycles. The molecule has 0 atom stereocenters. The number of para-hydroxylation sites is 1. The summed E-state index contributed by atoms with van der Waals surface area (Å²) in [5.41, 5.74) is -0.314. The molecule has 0 N–H and O–H groups in total. The predicted octanol–water partition coefficient (Wildman–Crippen LogP) is 12.6. The Morgan fingerprint density at radius 3 is 1.42 bits per heavy atom. The smallest absolute Gasteiger partial charge is 0.171 e. The van der Waals surface area contributed by atoms with E-state index in [0.29, 0.717) is 27.7 Å². The third-order valence-corrected chi connectivity index (χ3v) is 9.30. The number of hydrogen-bond donors (Lipinski definition) is 0. The molecule has 0 spiro atoms. The van der Waals surface area contributed by atoms with Crippen molar-refractivity contribution in [3.63, 3.8) is 0 Å². The van der Waals surface area contributed by atoms with Gasteiger partial charge in [0.2, 0.25) is 0 Å². The second-order valence-electron chi connectivity index (χ2n) is 13.2. The molecule has 0 bridgehead atoms. The number of fused-ring (bicyclic) bond motifs is 3. The third-order valence-electron chi connectivity index (χ3n) is 9.30. The highest BCUT2D eigenvalue weighted by molar-refractivity contribution is 6.09. The van der Waals surface area contributed by atoms with Gasteiger partial charge in [-0.05, 0) is 108 Å². The van der Waals surface area contributed by atoms with Crippen molar-refractivity contribution in [2.24, 2.45) is 0 Å². The summed E-state index contributed by atoms with van der Waals surface area (Å²) >= 11 is 0. The Hall–Kier alpha value is -6.72. The quantitative estimate of drug-likeness (QED) is 0.124. The Morgan fingerprint density at radius 1 is 0.474 bits per heavy atom. The van der Waals surface area contributed by atoms with Gasteiger partial charge in [-0.25, -0.2) is 4.39 Å². The van der Waals surface area contributed by atoms with Crippen LogP contribution in [0.25, 0.3) is 55.7 Å². The van der Waals surface area contributed by atoms with Crippen molar-refractivity contribution in [3.8, 4) is 33.8 Å². The monoisotopic (exact) mass is 758 g/mol. The molecule has 0 fully saturated rings. The van der Waals surface area contributed by atoms with Crippen molar-refractivity contribution in [2.45, 2.75) is 45.1 Å². The summed E-state index contributed by atoms with van der Waals surface area (Å²) in [6.45, 7) is -2.75. The molecular weight excluding hydrogens is 702 g/mol. The molecular formula is C52H42FN3O. The Bertz CT molecular complexity index is 3330. The molecule has 9 aromatic rings. The van der Waals surface area contributed by atoms with Crippen molar-refractivity contribution >= 4 is 21.9 Å². The molecule has 0 radical (unpaired) electrons. The first-order valence-electron chi connectivity index (χ1n) is 25.6. The second kappa shape index (κ2) is 16.2. The van der Waals surface area contributed by atoms with Crippen molar-refractivity contribution in [3.05, 3.63) is 209 Å². The number of pyridine rings is 3. The molecule has 4 heterocycles. The van der Waals surface area contributed by atoms with Crippen LogP contribution in [0, 0.1) is 12.7 Å². The predicted molar refractivity (Wildman–Crippen MR) is 230 cm³/mol. The number of hydrogen-bond acceptors (Lipinski definition) is 4. The molecule has 4 nitrogen and oxygen atoms in total. The van der Waals surface area contributed by atoms with Crippen molar-refractivity contribution in [2.75, 3.05) is 0 Å². The van der Waals surface area contributed by atoms with Crippen molar-refractivity contribution in [1.82, 2.24) is 15.0 Å². The molecule has 0 unspecified atom stereocenters. The van der Waals surface area contributed by atoms with Gasteiger partial charge in [0.25, 0.3) is 0 Å². The van der Waals surface area contributed by atoms with E-state index >= 15 is 4.39 Å². The van der Waals surface area contributed by atoms with E-state index in [0.717, 1.165) is 35.5 Å². The fraction of sp³-hybridized carbons (Fsp3) is 0.135. The summed E-state index contributed by atoms with van der Waals surface area (Å²) < 4.78 is 157. The van der Waals surface area contributed by atoms with E-state index in [9.17, 15) is 16.4 Å². The summed E-state index contributed by atoms with van der Waals surface area (Å²) in [5, 5.41) is 0.756. The maximum absolute atomic E-state index is 15.5. The highest BCUT2D eigenvalue weighted by atomic mass is 19.1. The van der Waals surface area contributed by atoms with Crippen LogP contribution in [0.2, 0.25) is 0 Å². The molecule has 5 aromatic carbocycles. The number of nitrogens with zero attached hydrogens (tertiary/aromatic N) is 3. The highest BCUT2D eigenvalue weighted by Gasteiger charge is 2.17. The third kappa shape index (κ3) is 8.01. The van der Waals surface area contributed by atoms with Crippen LogP contribution in [0.15, 0.2) is 169 Å². The van der Waals surface area contributed by atoms with Gasteiger partial charge < -0.3 is 4.42 Å². The molecule has 0 aliphatic rings. The van der Waals surface area contributed by atoms with Gasteiger partial charge >= 0.3 is 0 Å². The SMILES string of the molecule is [2H]C([2H])([2H])c1ccc2c(oc3c(-c4ccc(C([2H])([2H])C([2H])([2H])c5cc(C([2H])([2H])C([2H])([2H])c6ccc(-c7ccccc7)nc6)cc(C([2H])([2H])C([2H])([2H])c6ccc(-c7ccccc7)nc6)c5)cn4)cccc32)c1F. The van der Waals surface area contributed by atoms with Gasteiger partial charge in [0, 0.05) is 66.6 Å². The van der Waals surface area contributed by atoms with E-state index in [1.54, 1.807) is 66.7 Å². The number of rotatable bonds is 12. The summed E-state index contributed by atoms with van der Waals surface area (Å²) in [6.07, 6.45) is -14.9. The van der Waals surface area contributed by atoms with Crippen LogP contribution in [-0.4, -0.2) is 15.0 Å². The van der Waals surface area contributed by atoms with Crippen LogP contribution in [-0.2, 0) is 38.2 Å². The Morgan fingerprint density at radius 2 is 0.947 bits per heavy atom. The Balaban J connectivity index is 1.13. The number of halogens is 1. The molecule has 278 valence electrons. The molecule has 0 saturated heterocycles. The fourth-order valence-corrected chi connectivity index (χ4v) is 6.43. The zero-order chi connectivity index (χ0) is 51.8. The van der Waals surface area contributed by atoms with Gasteiger partial charge in [0.05, 0.1) is 17.1 Å². The maximum atomic E-state index is 15.5. The molecule has 0 amide bonds. The summed E-state index contributed by atoms with van der Waals surface area (Å²) in [5.74, 6) is -1.04. The zero-order valence-electron chi connectivity index (χ0n) is 45.2. The first kappa shape index (κ1) is 22.7. The maximum Gasteiger partial charge on any atom is 0.171 e. The molecule has 57 heavy (non-hydrogen) atoms. The van der Waals surface area contributed by atoms with Crippen LogP contribution < -0.4 is 0 Å². The lowest BCUT2D eigenvalue weighted by atomic mass is 9.94. The van der Waals surface area contributed by atoms with Crippen LogP contribution in [0.4, 0.5) is 4.39 Å². The van der Waals surface area contributed by atoms with E-state index in [1.165, 1.54) is 60.9 Å². The number of furan rings is 1. The van der Waals surface area contributed by atoms with E-state index in [2.05, 4.69) is 15.0 Å². The fourth-order valence-electron chi connectivity index (χ4n) is 6.43. The molecule has 9 rings (SSSR count). The van der Waals surface area contributed by atoms with E-state index in [1.807, 2.05) is 12.1 Å². The minimum Gasteiger partial charge on any atom is -0.452 e. The normalized spacial score (nSPS) is 17.0. The van der Waals surface area contributed by atoms with Gasteiger partial charge in [-0.3, -0.25) is 15.0 Å². The number of aryl methyl sites for hydroxylation is 7. The zero-order valence-corrected chi connectivity index (χ0v) is 30.2. The number of benzene rings is 5. The van der Waals surface area contributed by atoms with Gasteiger partial charge in [0.1, 0.15) is 5.58 Å². The van der Waals surface area contributed by atoms with Crippen molar-refractivity contribution in [1.29, 1.82) is 0 Å². The van der Waals surface area contributed by atoms with Gasteiger partial charge in [0.15, 0.2) is 11.4 Å². The summed E-state index contributed by atoms with van der Waals surface area (Å²) in [6, 6.07) is 36.8. The van der Waals surface area contributed by atoms with Gasteiger partial charge in [-0.2, -0.15) is 0 Å². The largest absolute Gasteiger partial charge is 0.452 e. The van der Waals surface area contributed by atoms with Crippen LogP contribution in [0.3, 0.4) is 0 Å². The standard InChI is InChI=1S/C52H42FN3O/c1-35-15-25-45-44-13-8-14-46(51(44)57-52(45)50(35)53)49-28-24-38(34-56-49)18-21-41-30-39(19-16-36-22-26-47(54-32-36)42-9-4-2-5-10-42)29-40(31-41)20-17-37-23-27-48(55-33-37)43-11-6-3-7-12-43/h2-15,22-34H,16-21H2,1H3/i1D3,16D2,17D2,18D2,19D2,20D2,21D2. The van der Waals surface area contributed by atoms with Crippen LogP contribution in [0.1, 0.15) is 59.5 Å². The Labute approximate surface area is 353 Å². The van der Waals surface area contributed by atoms with E-state index in [-0.39, 0.29) is 33.6 Å². The first-order valence-corrected chi connectivity index (χ1v) is 18.1. The van der Waals surface area contributed by atoms with Gasteiger partial charge in [-0.1, -0.05) is 121 Å². The average Bonchev–Trinajstić information content (AvgIpc) is 3.76. The second-order valence-corrected chi connectivity index (χ2v) is 13.2. The van der Waals surface area contributed by atoms with Crippen LogP contribution in [0.5, 0.6) is 0 Å². The van der Waals surface area contributed by atoms with Gasteiger partial charge in [-0.15, -0.1) is 0 Å². The lowest BCUT2D eigenvalue weighted by Crippen LogP contribution is -2.00. The number of aromatic nitrogens is 3. The van der Waals surface area contributed by atoms with Crippen LogP contribution >= 0.6 is 0 Å². The summed E-state index contributed by atoms with van der Waals surface area (Å²) in [7, 11) is 0. The lowest BCUT2D eigenvalue weighted by Gasteiger charge is -2.12. The molecule has 0 saturated carbocycles. The summed E-state index contributed by atoms with van der Waals surface area (Å²) in [4.78, 5) is 13.2. The van der Waals surface area contributed by atoms with E-state index < -0.39 is 73.2 Å².